The lowest BCUT2D eigenvalue weighted by Crippen LogP contribution is -2.37. The largest absolute Gasteiger partial charge is 0.508 e. The molecule has 2 aromatic heterocycles. The summed E-state index contributed by atoms with van der Waals surface area (Å²) in [4.78, 5) is 15.7. The van der Waals surface area contributed by atoms with Crippen LogP contribution in [0.4, 0.5) is 17.5 Å². The molecule has 0 bridgehead atoms. The normalized spacial score (nSPS) is 14.2. The minimum Gasteiger partial charge on any atom is -0.508 e. The Bertz CT molecular complexity index is 882. The van der Waals surface area contributed by atoms with Gasteiger partial charge < -0.3 is 20.1 Å². The first-order valence-electron chi connectivity index (χ1n) is 8.47. The molecule has 0 amide bonds. The fourth-order valence-electron chi connectivity index (χ4n) is 2.83. The fraction of sp³-hybridized carbons (Fsp3) is 0.211. The van der Waals surface area contributed by atoms with Gasteiger partial charge in [0.2, 0.25) is 5.95 Å². The molecule has 0 aliphatic carbocycles. The SMILES string of the molecule is Oc1cccc(-c2nc(N3CCOCC3)ncc2Nc2ccccn2)c1. The Morgan fingerprint density at radius 1 is 1.04 bits per heavy atom. The van der Waals surface area contributed by atoms with E-state index in [0.29, 0.717) is 30.7 Å². The van der Waals surface area contributed by atoms with Gasteiger partial charge in [0, 0.05) is 24.8 Å². The van der Waals surface area contributed by atoms with E-state index >= 15 is 0 Å². The van der Waals surface area contributed by atoms with Gasteiger partial charge in [-0.1, -0.05) is 18.2 Å². The van der Waals surface area contributed by atoms with Gasteiger partial charge in [0.25, 0.3) is 0 Å². The number of ether oxygens (including phenoxy) is 1. The summed E-state index contributed by atoms with van der Waals surface area (Å²) in [6.45, 7) is 2.84. The lowest BCUT2D eigenvalue weighted by Gasteiger charge is -2.27. The average molecular weight is 349 g/mol. The maximum absolute atomic E-state index is 9.87. The fourth-order valence-corrected chi connectivity index (χ4v) is 2.83. The van der Waals surface area contributed by atoms with Crippen LogP contribution in [0.3, 0.4) is 0 Å². The van der Waals surface area contributed by atoms with Crippen LogP contribution in [0.2, 0.25) is 0 Å². The Labute approximate surface area is 151 Å². The molecule has 1 aliphatic rings. The zero-order valence-electron chi connectivity index (χ0n) is 14.2. The van der Waals surface area contributed by atoms with Crippen molar-refractivity contribution in [2.45, 2.75) is 0 Å². The number of benzene rings is 1. The van der Waals surface area contributed by atoms with Crippen LogP contribution in [-0.4, -0.2) is 46.4 Å². The highest BCUT2D eigenvalue weighted by atomic mass is 16.5. The van der Waals surface area contributed by atoms with Gasteiger partial charge in [-0.2, -0.15) is 0 Å². The molecule has 0 radical (unpaired) electrons. The summed E-state index contributed by atoms with van der Waals surface area (Å²) in [5.41, 5.74) is 2.25. The second-order valence-electron chi connectivity index (χ2n) is 5.92. The van der Waals surface area contributed by atoms with Gasteiger partial charge in [0.05, 0.1) is 30.8 Å². The third-order valence-electron chi connectivity index (χ3n) is 4.12. The van der Waals surface area contributed by atoms with Crippen LogP contribution in [0.25, 0.3) is 11.3 Å². The number of anilines is 3. The standard InChI is InChI=1S/C19H19N5O2/c25-15-5-3-4-14(12-15)18-16(22-17-6-1-2-7-20-17)13-21-19(23-18)24-8-10-26-11-9-24/h1-7,12-13,25H,8-11H2,(H,20,22). The van der Waals surface area contributed by atoms with Crippen LogP contribution in [0.5, 0.6) is 5.75 Å². The van der Waals surface area contributed by atoms with Crippen molar-refractivity contribution >= 4 is 17.5 Å². The summed E-state index contributed by atoms with van der Waals surface area (Å²) in [5, 5.41) is 13.1. The molecule has 1 fully saturated rings. The van der Waals surface area contributed by atoms with E-state index in [4.69, 9.17) is 9.72 Å². The molecule has 7 heteroatoms. The first-order valence-corrected chi connectivity index (χ1v) is 8.47. The van der Waals surface area contributed by atoms with Gasteiger partial charge in [0.1, 0.15) is 11.6 Å². The van der Waals surface area contributed by atoms with Crippen LogP contribution < -0.4 is 10.2 Å². The van der Waals surface area contributed by atoms with Crippen molar-refractivity contribution in [1.29, 1.82) is 0 Å². The molecule has 4 rings (SSSR count). The van der Waals surface area contributed by atoms with Crippen molar-refractivity contribution in [3.05, 3.63) is 54.9 Å². The summed E-state index contributed by atoms with van der Waals surface area (Å²) >= 11 is 0. The molecule has 7 nitrogen and oxygen atoms in total. The molecule has 3 heterocycles. The first kappa shape index (κ1) is 16.3. The summed E-state index contributed by atoms with van der Waals surface area (Å²) in [6.07, 6.45) is 3.48. The summed E-state index contributed by atoms with van der Waals surface area (Å²) in [6, 6.07) is 12.7. The molecule has 0 atom stereocenters. The van der Waals surface area contributed by atoms with E-state index in [-0.39, 0.29) is 5.75 Å². The second kappa shape index (κ2) is 7.37. The van der Waals surface area contributed by atoms with Crippen LogP contribution in [0.1, 0.15) is 0 Å². The van der Waals surface area contributed by atoms with E-state index in [0.717, 1.165) is 24.3 Å². The minimum absolute atomic E-state index is 0.192. The van der Waals surface area contributed by atoms with Crippen molar-refractivity contribution in [1.82, 2.24) is 15.0 Å². The number of phenols is 1. The highest BCUT2D eigenvalue weighted by Crippen LogP contribution is 2.31. The maximum atomic E-state index is 9.87. The van der Waals surface area contributed by atoms with Gasteiger partial charge in [-0.25, -0.2) is 15.0 Å². The van der Waals surface area contributed by atoms with Crippen molar-refractivity contribution in [2.75, 3.05) is 36.5 Å². The van der Waals surface area contributed by atoms with Crippen LogP contribution in [0, 0.1) is 0 Å². The highest BCUT2D eigenvalue weighted by Gasteiger charge is 2.17. The predicted molar refractivity (Wildman–Crippen MR) is 99.7 cm³/mol. The summed E-state index contributed by atoms with van der Waals surface area (Å²) in [5.74, 6) is 1.55. The monoisotopic (exact) mass is 349 g/mol. The number of aromatic nitrogens is 3. The number of hydrogen-bond acceptors (Lipinski definition) is 7. The Morgan fingerprint density at radius 3 is 2.69 bits per heavy atom. The van der Waals surface area contributed by atoms with Crippen molar-refractivity contribution in [3.8, 4) is 17.0 Å². The van der Waals surface area contributed by atoms with Gasteiger partial charge in [0.15, 0.2) is 0 Å². The van der Waals surface area contributed by atoms with Crippen LogP contribution in [-0.2, 0) is 4.74 Å². The Kier molecular flexibility index (Phi) is 4.61. The van der Waals surface area contributed by atoms with Crippen molar-refractivity contribution < 1.29 is 9.84 Å². The predicted octanol–water partition coefficient (Wildman–Crippen LogP) is 2.82. The van der Waals surface area contributed by atoms with E-state index < -0.39 is 0 Å². The number of nitrogens with zero attached hydrogens (tertiary/aromatic N) is 4. The number of morpholine rings is 1. The molecule has 0 saturated carbocycles. The summed E-state index contributed by atoms with van der Waals surface area (Å²) in [7, 11) is 0. The molecule has 132 valence electrons. The zero-order valence-corrected chi connectivity index (χ0v) is 14.2. The van der Waals surface area contributed by atoms with Gasteiger partial charge >= 0.3 is 0 Å². The topological polar surface area (TPSA) is 83.4 Å². The average Bonchev–Trinajstić information content (AvgIpc) is 2.70. The van der Waals surface area contributed by atoms with E-state index in [1.165, 1.54) is 0 Å². The smallest absolute Gasteiger partial charge is 0.226 e. The quantitative estimate of drug-likeness (QED) is 0.749. The molecular formula is C19H19N5O2. The Balaban J connectivity index is 1.74. The van der Waals surface area contributed by atoms with Crippen LogP contribution >= 0.6 is 0 Å². The number of pyridine rings is 1. The van der Waals surface area contributed by atoms with E-state index in [1.807, 2.05) is 24.3 Å². The lowest BCUT2D eigenvalue weighted by molar-refractivity contribution is 0.122. The first-order chi connectivity index (χ1) is 12.8. The van der Waals surface area contributed by atoms with Crippen molar-refractivity contribution in [2.24, 2.45) is 0 Å². The number of aromatic hydroxyl groups is 1. The maximum Gasteiger partial charge on any atom is 0.226 e. The van der Waals surface area contributed by atoms with Gasteiger partial charge in [-0.05, 0) is 24.3 Å². The molecule has 3 aromatic rings. The molecule has 1 aliphatic heterocycles. The van der Waals surface area contributed by atoms with Crippen molar-refractivity contribution in [3.63, 3.8) is 0 Å². The van der Waals surface area contributed by atoms with E-state index in [1.54, 1.807) is 30.6 Å². The molecule has 0 unspecified atom stereocenters. The third kappa shape index (κ3) is 3.57. The molecule has 1 aromatic carbocycles. The van der Waals surface area contributed by atoms with Crippen LogP contribution in [0.15, 0.2) is 54.9 Å². The third-order valence-corrected chi connectivity index (χ3v) is 4.12. The number of phenolic OH excluding ortho intramolecular Hbond substituents is 1. The Hall–Kier alpha value is -3.19. The summed E-state index contributed by atoms with van der Waals surface area (Å²) < 4.78 is 5.40. The Morgan fingerprint density at radius 2 is 1.92 bits per heavy atom. The molecule has 26 heavy (non-hydrogen) atoms. The van der Waals surface area contributed by atoms with E-state index in [2.05, 4.69) is 20.2 Å². The number of hydrogen-bond donors (Lipinski definition) is 2. The van der Waals surface area contributed by atoms with Gasteiger partial charge in [-0.15, -0.1) is 0 Å². The molecule has 2 N–H and O–H groups in total. The molecular weight excluding hydrogens is 330 g/mol. The second-order valence-corrected chi connectivity index (χ2v) is 5.92. The lowest BCUT2D eigenvalue weighted by atomic mass is 10.1. The minimum atomic E-state index is 0.192. The molecule has 0 spiro atoms. The number of rotatable bonds is 4. The van der Waals surface area contributed by atoms with Gasteiger partial charge in [-0.3, -0.25) is 0 Å². The molecule has 1 saturated heterocycles. The van der Waals surface area contributed by atoms with E-state index in [9.17, 15) is 5.11 Å². The highest BCUT2D eigenvalue weighted by molar-refractivity contribution is 5.78. The zero-order chi connectivity index (χ0) is 17.8. The number of nitrogens with one attached hydrogen (secondary N) is 1.